The van der Waals surface area contributed by atoms with Gasteiger partial charge in [0.05, 0.1) is 5.69 Å². The highest BCUT2D eigenvalue weighted by atomic mass is 35.5. The van der Waals surface area contributed by atoms with Crippen LogP contribution in [0.25, 0.3) is 0 Å². The molecule has 0 amide bonds. The number of aromatic nitrogens is 1. The molecule has 0 radical (unpaired) electrons. The molecule has 5 heteroatoms. The monoisotopic (exact) mass is 200 g/mol. The van der Waals surface area contributed by atoms with Crippen molar-refractivity contribution in [2.24, 2.45) is 5.10 Å². The van der Waals surface area contributed by atoms with Crippen LogP contribution >= 0.6 is 12.4 Å². The van der Waals surface area contributed by atoms with E-state index in [-0.39, 0.29) is 12.4 Å². The Kier molecular flexibility index (Phi) is 4.84. The predicted molar refractivity (Wildman–Crippen MR) is 58.3 cm³/mol. The van der Waals surface area contributed by atoms with Gasteiger partial charge in [-0.2, -0.15) is 5.10 Å². The van der Waals surface area contributed by atoms with Crippen LogP contribution in [0.4, 0.5) is 11.5 Å². The van der Waals surface area contributed by atoms with Crippen molar-refractivity contribution in [3.8, 4) is 0 Å². The molecule has 0 bridgehead atoms. The maximum Gasteiger partial charge on any atom is 0.169 e. The number of pyridine rings is 1. The van der Waals surface area contributed by atoms with E-state index >= 15 is 0 Å². The van der Waals surface area contributed by atoms with Crippen LogP contribution in [-0.2, 0) is 0 Å². The van der Waals surface area contributed by atoms with Crippen LogP contribution in [0.2, 0.25) is 0 Å². The zero-order chi connectivity index (χ0) is 8.97. The van der Waals surface area contributed by atoms with E-state index in [0.29, 0.717) is 11.5 Å². The van der Waals surface area contributed by atoms with E-state index in [4.69, 9.17) is 5.73 Å². The number of hydrazone groups is 1. The number of hydrogen-bond acceptors (Lipinski definition) is 4. The van der Waals surface area contributed by atoms with Crippen molar-refractivity contribution in [3.05, 3.63) is 18.3 Å². The molecule has 1 rings (SSSR count). The number of nitrogens with one attached hydrogen (secondary N) is 1. The summed E-state index contributed by atoms with van der Waals surface area (Å²) in [5.41, 5.74) is 9.91. The third-order valence-corrected chi connectivity index (χ3v) is 1.22. The first-order chi connectivity index (χ1) is 5.70. The second-order valence-corrected chi connectivity index (χ2v) is 2.61. The van der Waals surface area contributed by atoms with E-state index < -0.39 is 0 Å². The van der Waals surface area contributed by atoms with Crippen molar-refractivity contribution in [1.29, 1.82) is 0 Å². The van der Waals surface area contributed by atoms with Gasteiger partial charge >= 0.3 is 0 Å². The highest BCUT2D eigenvalue weighted by Gasteiger charge is 1.94. The highest BCUT2D eigenvalue weighted by Crippen LogP contribution is 2.12. The minimum atomic E-state index is 0. The quantitative estimate of drug-likeness (QED) is 0.566. The minimum absolute atomic E-state index is 0. The molecule has 0 saturated carbocycles. The summed E-state index contributed by atoms with van der Waals surface area (Å²) in [4.78, 5) is 4.01. The first kappa shape index (κ1) is 11.7. The molecule has 4 nitrogen and oxygen atoms in total. The average molecular weight is 201 g/mol. The summed E-state index contributed by atoms with van der Waals surface area (Å²) in [6, 6.07) is 3.55. The topological polar surface area (TPSA) is 63.3 Å². The molecule has 3 N–H and O–H groups in total. The van der Waals surface area contributed by atoms with Gasteiger partial charge in [-0.3, -0.25) is 5.43 Å². The number of hydrogen-bond donors (Lipinski definition) is 2. The number of nitrogens with two attached hydrogens (primary N) is 1. The Balaban J connectivity index is 0.00000144. The van der Waals surface area contributed by atoms with Crippen molar-refractivity contribution in [2.45, 2.75) is 13.8 Å². The van der Waals surface area contributed by atoms with E-state index in [0.717, 1.165) is 5.71 Å². The van der Waals surface area contributed by atoms with Crippen LogP contribution in [0.3, 0.4) is 0 Å². The molecule has 0 unspecified atom stereocenters. The van der Waals surface area contributed by atoms with Gasteiger partial charge < -0.3 is 5.73 Å². The van der Waals surface area contributed by atoms with Gasteiger partial charge in [0.25, 0.3) is 0 Å². The smallest absolute Gasteiger partial charge is 0.169 e. The molecule has 0 fully saturated rings. The average Bonchev–Trinajstić information content (AvgIpc) is 2.03. The van der Waals surface area contributed by atoms with Crippen molar-refractivity contribution in [3.63, 3.8) is 0 Å². The molecule has 0 spiro atoms. The fraction of sp³-hybridized carbons (Fsp3) is 0.250. The van der Waals surface area contributed by atoms with E-state index in [1.807, 2.05) is 13.8 Å². The van der Waals surface area contributed by atoms with Crippen LogP contribution in [0, 0.1) is 0 Å². The second kappa shape index (κ2) is 5.37. The van der Waals surface area contributed by atoms with E-state index in [2.05, 4.69) is 15.5 Å². The van der Waals surface area contributed by atoms with Crippen LogP contribution < -0.4 is 11.2 Å². The normalized spacial score (nSPS) is 8.46. The highest BCUT2D eigenvalue weighted by molar-refractivity contribution is 5.85. The summed E-state index contributed by atoms with van der Waals surface area (Å²) >= 11 is 0. The molecule has 13 heavy (non-hydrogen) atoms. The number of halogens is 1. The molecule has 0 saturated heterocycles. The second-order valence-electron chi connectivity index (χ2n) is 2.61. The van der Waals surface area contributed by atoms with Gasteiger partial charge in [-0.25, -0.2) is 4.98 Å². The van der Waals surface area contributed by atoms with Crippen molar-refractivity contribution in [1.82, 2.24) is 4.98 Å². The first-order valence-corrected chi connectivity index (χ1v) is 3.67. The maximum atomic E-state index is 5.61. The molecule has 1 aromatic heterocycles. The standard InChI is InChI=1S/C8H12N4.ClH/c1-6(2)11-12-8-7(9)4-3-5-10-8;/h3-5H,9H2,1-2H3,(H,10,12);1H. The Bertz CT molecular complexity index is 294. The summed E-state index contributed by atoms with van der Waals surface area (Å²) in [5.74, 6) is 0.596. The lowest BCUT2D eigenvalue weighted by Crippen LogP contribution is -1.99. The number of anilines is 2. The molecule has 1 aromatic rings. The van der Waals surface area contributed by atoms with Gasteiger partial charge in [-0.15, -0.1) is 12.4 Å². The molecule has 0 aliphatic carbocycles. The van der Waals surface area contributed by atoms with Gasteiger partial charge in [0.1, 0.15) is 0 Å². The fourth-order valence-electron chi connectivity index (χ4n) is 0.676. The largest absolute Gasteiger partial charge is 0.396 e. The van der Waals surface area contributed by atoms with E-state index in [9.17, 15) is 0 Å². The van der Waals surface area contributed by atoms with Gasteiger partial charge in [-0.05, 0) is 26.0 Å². The van der Waals surface area contributed by atoms with Gasteiger partial charge in [0.2, 0.25) is 0 Å². The lowest BCUT2D eigenvalue weighted by molar-refractivity contribution is 1.22. The molecule has 0 aliphatic heterocycles. The van der Waals surface area contributed by atoms with Gasteiger partial charge in [0, 0.05) is 11.9 Å². The Morgan fingerprint density at radius 3 is 2.77 bits per heavy atom. The summed E-state index contributed by atoms with van der Waals surface area (Å²) in [7, 11) is 0. The Labute approximate surface area is 83.7 Å². The van der Waals surface area contributed by atoms with Crippen LogP contribution in [0.15, 0.2) is 23.4 Å². The van der Waals surface area contributed by atoms with Crippen LogP contribution in [0.1, 0.15) is 13.8 Å². The predicted octanol–water partition coefficient (Wildman–Crippen LogP) is 1.89. The lowest BCUT2D eigenvalue weighted by Gasteiger charge is -2.01. The molecular formula is C8H13ClN4. The molecule has 0 aromatic carbocycles. The lowest BCUT2D eigenvalue weighted by atomic mass is 10.4. The number of rotatable bonds is 2. The maximum absolute atomic E-state index is 5.61. The van der Waals surface area contributed by atoms with Crippen LogP contribution in [0.5, 0.6) is 0 Å². The molecular weight excluding hydrogens is 188 g/mol. The van der Waals surface area contributed by atoms with Crippen LogP contribution in [-0.4, -0.2) is 10.7 Å². The Morgan fingerprint density at radius 2 is 2.23 bits per heavy atom. The zero-order valence-corrected chi connectivity index (χ0v) is 8.43. The SMILES string of the molecule is CC(C)=NNc1ncccc1N.Cl. The van der Waals surface area contributed by atoms with Crippen molar-refractivity contribution >= 4 is 29.6 Å². The Hall–Kier alpha value is -1.29. The zero-order valence-electron chi connectivity index (χ0n) is 7.61. The molecule has 0 atom stereocenters. The third kappa shape index (κ3) is 3.75. The van der Waals surface area contributed by atoms with Gasteiger partial charge in [0.15, 0.2) is 5.82 Å². The fourth-order valence-corrected chi connectivity index (χ4v) is 0.676. The minimum Gasteiger partial charge on any atom is -0.396 e. The Morgan fingerprint density at radius 1 is 1.54 bits per heavy atom. The van der Waals surface area contributed by atoms with E-state index in [1.165, 1.54) is 0 Å². The molecule has 1 heterocycles. The summed E-state index contributed by atoms with van der Waals surface area (Å²) in [6.45, 7) is 3.79. The summed E-state index contributed by atoms with van der Waals surface area (Å²) in [5, 5.41) is 3.98. The number of nitrogens with zero attached hydrogens (tertiary/aromatic N) is 2. The molecule has 0 aliphatic rings. The third-order valence-electron chi connectivity index (χ3n) is 1.22. The number of nitrogen functional groups attached to an aromatic ring is 1. The van der Waals surface area contributed by atoms with E-state index in [1.54, 1.807) is 18.3 Å². The van der Waals surface area contributed by atoms with Crippen molar-refractivity contribution < 1.29 is 0 Å². The van der Waals surface area contributed by atoms with Crippen molar-refractivity contribution in [2.75, 3.05) is 11.2 Å². The molecule has 72 valence electrons. The van der Waals surface area contributed by atoms with Gasteiger partial charge in [-0.1, -0.05) is 0 Å². The first-order valence-electron chi connectivity index (χ1n) is 3.67. The summed E-state index contributed by atoms with van der Waals surface area (Å²) < 4.78 is 0. The summed E-state index contributed by atoms with van der Waals surface area (Å²) in [6.07, 6.45) is 1.67.